The van der Waals surface area contributed by atoms with Crippen molar-refractivity contribution in [2.24, 2.45) is 10.9 Å². The van der Waals surface area contributed by atoms with Crippen LogP contribution < -0.4 is 0 Å². The molecule has 0 fully saturated rings. The molecular formula is C11H15BNO. The SMILES string of the molecule is C/C=C\N=CC[C@@H]1C=C([B]O)C=CC1. The van der Waals surface area contributed by atoms with E-state index in [-0.39, 0.29) is 0 Å². The predicted octanol–water partition coefficient (Wildman–Crippen LogP) is 2.05. The lowest BCUT2D eigenvalue weighted by Gasteiger charge is -2.12. The average molecular weight is 188 g/mol. The Balaban J connectivity index is 2.39. The fraction of sp³-hybridized carbons (Fsp3) is 0.364. The molecule has 0 spiro atoms. The van der Waals surface area contributed by atoms with Crippen LogP contribution in [0.15, 0.2) is 41.0 Å². The molecule has 1 aliphatic carbocycles. The second-order valence-electron chi connectivity index (χ2n) is 3.24. The molecule has 0 aliphatic heterocycles. The molecule has 1 N–H and O–H groups in total. The van der Waals surface area contributed by atoms with Gasteiger partial charge in [-0.25, -0.2) is 0 Å². The van der Waals surface area contributed by atoms with Crippen molar-refractivity contribution in [3.8, 4) is 0 Å². The quantitative estimate of drug-likeness (QED) is 0.531. The molecule has 0 unspecified atom stereocenters. The Hall–Kier alpha value is -1.09. The predicted molar refractivity (Wildman–Crippen MR) is 61.2 cm³/mol. The van der Waals surface area contributed by atoms with Crippen molar-refractivity contribution >= 4 is 13.7 Å². The minimum atomic E-state index is 0.465. The van der Waals surface area contributed by atoms with Gasteiger partial charge in [0.15, 0.2) is 0 Å². The van der Waals surface area contributed by atoms with Gasteiger partial charge in [-0.1, -0.05) is 29.8 Å². The van der Waals surface area contributed by atoms with E-state index < -0.39 is 0 Å². The number of nitrogens with zero attached hydrogens (tertiary/aromatic N) is 1. The Labute approximate surface area is 86.0 Å². The molecule has 0 aromatic rings. The molecule has 14 heavy (non-hydrogen) atoms. The van der Waals surface area contributed by atoms with Gasteiger partial charge in [0, 0.05) is 12.4 Å². The highest BCUT2D eigenvalue weighted by atomic mass is 16.2. The van der Waals surface area contributed by atoms with Crippen molar-refractivity contribution in [2.45, 2.75) is 19.8 Å². The summed E-state index contributed by atoms with van der Waals surface area (Å²) in [5.41, 5.74) is 0.890. The second kappa shape index (κ2) is 6.38. The van der Waals surface area contributed by atoms with Crippen LogP contribution in [0, 0.1) is 5.92 Å². The standard InChI is InChI=1S/C11H15BNO/c1-2-7-13-8-6-10-4-3-5-11(9-10)12-14/h2-3,5,7-10,14H,4,6H2,1H3/b7-2-,13-8?/t10-/m1/s1. The van der Waals surface area contributed by atoms with Crippen molar-refractivity contribution in [3.05, 3.63) is 36.0 Å². The van der Waals surface area contributed by atoms with Crippen LogP contribution in [0.1, 0.15) is 19.8 Å². The Morgan fingerprint density at radius 1 is 1.71 bits per heavy atom. The lowest BCUT2D eigenvalue weighted by Crippen LogP contribution is -2.04. The van der Waals surface area contributed by atoms with Crippen LogP contribution in [-0.2, 0) is 0 Å². The number of aliphatic imine (C=N–C) groups is 1. The lowest BCUT2D eigenvalue weighted by molar-refractivity contribution is 0.608. The Bertz CT molecular complexity index is 279. The summed E-state index contributed by atoms with van der Waals surface area (Å²) in [6.45, 7) is 1.94. The number of hydrogen-bond acceptors (Lipinski definition) is 2. The number of allylic oxidation sites excluding steroid dienone is 5. The van der Waals surface area contributed by atoms with Crippen LogP contribution in [0.25, 0.3) is 0 Å². The third-order valence-electron chi connectivity index (χ3n) is 2.08. The van der Waals surface area contributed by atoms with E-state index in [1.54, 1.807) is 6.20 Å². The third kappa shape index (κ3) is 3.75. The molecule has 0 saturated carbocycles. The Morgan fingerprint density at radius 2 is 2.57 bits per heavy atom. The normalized spacial score (nSPS) is 21.9. The fourth-order valence-electron chi connectivity index (χ4n) is 1.37. The lowest BCUT2D eigenvalue weighted by atomic mass is 9.80. The van der Waals surface area contributed by atoms with E-state index >= 15 is 0 Å². The maximum absolute atomic E-state index is 8.83. The summed E-state index contributed by atoms with van der Waals surface area (Å²) in [5, 5.41) is 8.83. The molecule has 0 heterocycles. The van der Waals surface area contributed by atoms with Crippen LogP contribution in [-0.4, -0.2) is 18.7 Å². The van der Waals surface area contributed by atoms with Crippen LogP contribution in [0.4, 0.5) is 0 Å². The zero-order valence-electron chi connectivity index (χ0n) is 8.43. The highest BCUT2D eigenvalue weighted by Gasteiger charge is 2.07. The summed E-state index contributed by atoms with van der Waals surface area (Å²) in [7, 11) is 1.14. The highest BCUT2D eigenvalue weighted by molar-refractivity contribution is 6.37. The summed E-state index contributed by atoms with van der Waals surface area (Å²) >= 11 is 0. The molecule has 0 aromatic carbocycles. The summed E-state index contributed by atoms with van der Waals surface area (Å²) < 4.78 is 0. The minimum Gasteiger partial charge on any atom is -0.450 e. The zero-order valence-corrected chi connectivity index (χ0v) is 8.43. The molecule has 3 heteroatoms. The van der Waals surface area contributed by atoms with Gasteiger partial charge in [0.1, 0.15) is 0 Å². The zero-order chi connectivity index (χ0) is 10.2. The summed E-state index contributed by atoms with van der Waals surface area (Å²) in [5.74, 6) is 0.465. The van der Waals surface area contributed by atoms with Crippen LogP contribution in [0.3, 0.4) is 0 Å². The first-order valence-corrected chi connectivity index (χ1v) is 4.85. The van der Waals surface area contributed by atoms with Crippen molar-refractivity contribution in [1.29, 1.82) is 0 Å². The molecule has 0 aromatic heterocycles. The molecule has 1 rings (SSSR count). The summed E-state index contributed by atoms with van der Waals surface area (Å²) in [6, 6.07) is 0. The first kappa shape index (κ1) is 11.0. The maximum atomic E-state index is 8.83. The van der Waals surface area contributed by atoms with E-state index in [0.717, 1.165) is 25.8 Å². The molecule has 0 saturated heterocycles. The second-order valence-corrected chi connectivity index (χ2v) is 3.24. The fourth-order valence-corrected chi connectivity index (χ4v) is 1.37. The van der Waals surface area contributed by atoms with Gasteiger partial charge in [-0.2, -0.15) is 0 Å². The van der Waals surface area contributed by atoms with E-state index in [1.807, 2.05) is 25.3 Å². The molecule has 0 amide bonds. The first-order valence-electron chi connectivity index (χ1n) is 4.85. The van der Waals surface area contributed by atoms with E-state index in [0.29, 0.717) is 5.92 Å². The summed E-state index contributed by atoms with van der Waals surface area (Å²) in [4.78, 5) is 4.10. The molecule has 0 bridgehead atoms. The molecule has 1 aliphatic rings. The minimum absolute atomic E-state index is 0.465. The average Bonchev–Trinajstić information content (AvgIpc) is 2.25. The smallest absolute Gasteiger partial charge is 0.326 e. The van der Waals surface area contributed by atoms with E-state index in [1.165, 1.54) is 0 Å². The monoisotopic (exact) mass is 188 g/mol. The van der Waals surface area contributed by atoms with Gasteiger partial charge in [-0.3, -0.25) is 4.99 Å². The van der Waals surface area contributed by atoms with Gasteiger partial charge in [-0.05, 0) is 25.7 Å². The van der Waals surface area contributed by atoms with Gasteiger partial charge >= 0.3 is 7.48 Å². The third-order valence-corrected chi connectivity index (χ3v) is 2.08. The number of rotatable bonds is 4. The highest BCUT2D eigenvalue weighted by Crippen LogP contribution is 2.17. The van der Waals surface area contributed by atoms with Crippen molar-refractivity contribution in [2.75, 3.05) is 0 Å². The molecule has 2 nitrogen and oxygen atoms in total. The van der Waals surface area contributed by atoms with Gasteiger partial charge in [0.25, 0.3) is 0 Å². The molecular weight excluding hydrogens is 173 g/mol. The Kier molecular flexibility index (Phi) is 5.01. The van der Waals surface area contributed by atoms with Gasteiger partial charge in [-0.15, -0.1) is 0 Å². The van der Waals surface area contributed by atoms with Crippen LogP contribution in [0.2, 0.25) is 0 Å². The molecule has 73 valence electrons. The van der Waals surface area contributed by atoms with Gasteiger partial charge in [0.2, 0.25) is 0 Å². The van der Waals surface area contributed by atoms with Crippen molar-refractivity contribution < 1.29 is 5.02 Å². The van der Waals surface area contributed by atoms with Crippen molar-refractivity contribution in [1.82, 2.24) is 0 Å². The van der Waals surface area contributed by atoms with Gasteiger partial charge < -0.3 is 5.02 Å². The van der Waals surface area contributed by atoms with Crippen LogP contribution >= 0.6 is 0 Å². The van der Waals surface area contributed by atoms with Crippen molar-refractivity contribution in [3.63, 3.8) is 0 Å². The maximum Gasteiger partial charge on any atom is 0.326 e. The van der Waals surface area contributed by atoms with Gasteiger partial charge in [0.05, 0.1) is 0 Å². The summed E-state index contributed by atoms with van der Waals surface area (Å²) in [6.07, 6.45) is 13.6. The van der Waals surface area contributed by atoms with Crippen LogP contribution in [0.5, 0.6) is 0 Å². The van der Waals surface area contributed by atoms with E-state index in [4.69, 9.17) is 5.02 Å². The number of hydrogen-bond donors (Lipinski definition) is 1. The topological polar surface area (TPSA) is 32.6 Å². The molecule has 1 atom stereocenters. The first-order chi connectivity index (χ1) is 6.86. The van der Waals surface area contributed by atoms with E-state index in [9.17, 15) is 0 Å². The Morgan fingerprint density at radius 3 is 3.29 bits per heavy atom. The molecule has 1 radical (unpaired) electrons. The van der Waals surface area contributed by atoms with E-state index in [2.05, 4.69) is 17.1 Å². The largest absolute Gasteiger partial charge is 0.450 e.